The van der Waals surface area contributed by atoms with Gasteiger partial charge in [0.2, 0.25) is 15.9 Å². The number of carbonyl (C=O) groups excluding carboxylic acids is 1. The summed E-state index contributed by atoms with van der Waals surface area (Å²) in [6.07, 6.45) is 0.808. The van der Waals surface area contributed by atoms with Crippen molar-refractivity contribution in [1.82, 2.24) is 10.0 Å². The fraction of sp³-hybridized carbons (Fsp3) is 0.350. The van der Waals surface area contributed by atoms with Gasteiger partial charge in [-0.2, -0.15) is 0 Å². The van der Waals surface area contributed by atoms with Crippen LogP contribution in [0.15, 0.2) is 51.8 Å². The highest BCUT2D eigenvalue weighted by Gasteiger charge is 2.17. The van der Waals surface area contributed by atoms with Crippen molar-refractivity contribution in [2.45, 2.75) is 44.6 Å². The molecule has 0 aliphatic carbocycles. The predicted octanol–water partition coefficient (Wildman–Crippen LogP) is 3.48. The number of carbonyl (C=O) groups is 1. The minimum atomic E-state index is -3.62. The number of benzene rings is 2. The SMILES string of the molecule is Cc1ccc(S(=O)(=O)NCCC(=O)NC(C)Cc2ccc(Br)cc2)c(C)c1. The van der Waals surface area contributed by atoms with E-state index in [1.807, 2.05) is 44.2 Å². The lowest BCUT2D eigenvalue weighted by Crippen LogP contribution is -2.36. The monoisotopic (exact) mass is 452 g/mol. The van der Waals surface area contributed by atoms with E-state index in [2.05, 4.69) is 26.0 Å². The molecular weight excluding hydrogens is 428 g/mol. The lowest BCUT2D eigenvalue weighted by atomic mass is 10.1. The molecule has 0 saturated carbocycles. The maximum atomic E-state index is 12.4. The van der Waals surface area contributed by atoms with Gasteiger partial charge in [0.25, 0.3) is 0 Å². The summed E-state index contributed by atoms with van der Waals surface area (Å²) in [6, 6.07) is 13.1. The molecule has 0 heterocycles. The molecule has 27 heavy (non-hydrogen) atoms. The summed E-state index contributed by atoms with van der Waals surface area (Å²) >= 11 is 3.40. The van der Waals surface area contributed by atoms with Gasteiger partial charge in [-0.1, -0.05) is 45.8 Å². The summed E-state index contributed by atoms with van der Waals surface area (Å²) in [5.41, 5.74) is 2.82. The predicted molar refractivity (Wildman–Crippen MR) is 111 cm³/mol. The number of amides is 1. The van der Waals surface area contributed by atoms with Crippen molar-refractivity contribution in [3.63, 3.8) is 0 Å². The zero-order valence-electron chi connectivity index (χ0n) is 15.8. The summed E-state index contributed by atoms with van der Waals surface area (Å²) in [5, 5.41) is 2.90. The van der Waals surface area contributed by atoms with Gasteiger partial charge in [-0.3, -0.25) is 4.79 Å². The number of hydrogen-bond donors (Lipinski definition) is 2. The molecule has 0 aromatic heterocycles. The second kappa shape index (κ2) is 9.48. The van der Waals surface area contributed by atoms with Crippen LogP contribution in [0.5, 0.6) is 0 Å². The van der Waals surface area contributed by atoms with Crippen molar-refractivity contribution in [3.8, 4) is 0 Å². The van der Waals surface area contributed by atoms with E-state index < -0.39 is 10.0 Å². The summed E-state index contributed by atoms with van der Waals surface area (Å²) in [7, 11) is -3.62. The molecule has 0 saturated heterocycles. The first kappa shape index (κ1) is 21.6. The molecule has 146 valence electrons. The van der Waals surface area contributed by atoms with Crippen LogP contribution in [0.4, 0.5) is 0 Å². The molecular formula is C20H25BrN2O3S. The van der Waals surface area contributed by atoms with Crippen molar-refractivity contribution < 1.29 is 13.2 Å². The molecule has 0 aliphatic rings. The van der Waals surface area contributed by atoms with Gasteiger partial charge in [0.05, 0.1) is 4.90 Å². The normalized spacial score (nSPS) is 12.6. The highest BCUT2D eigenvalue weighted by atomic mass is 79.9. The topological polar surface area (TPSA) is 75.3 Å². The van der Waals surface area contributed by atoms with E-state index >= 15 is 0 Å². The van der Waals surface area contributed by atoms with Crippen LogP contribution in [0.3, 0.4) is 0 Å². The summed E-state index contributed by atoms with van der Waals surface area (Å²) in [6.45, 7) is 5.67. The van der Waals surface area contributed by atoms with Crippen LogP contribution in [-0.2, 0) is 21.2 Å². The first-order valence-electron chi connectivity index (χ1n) is 8.78. The second-order valence-electron chi connectivity index (χ2n) is 6.72. The van der Waals surface area contributed by atoms with Crippen LogP contribution in [0.25, 0.3) is 0 Å². The van der Waals surface area contributed by atoms with Crippen molar-refractivity contribution in [2.24, 2.45) is 0 Å². The molecule has 0 aliphatic heterocycles. The molecule has 2 rings (SSSR count). The Balaban J connectivity index is 1.81. The Morgan fingerprint density at radius 3 is 2.41 bits per heavy atom. The van der Waals surface area contributed by atoms with Gasteiger partial charge in [0, 0.05) is 23.5 Å². The Hall–Kier alpha value is -1.70. The number of rotatable bonds is 8. The van der Waals surface area contributed by atoms with E-state index in [9.17, 15) is 13.2 Å². The average molecular weight is 453 g/mol. The number of aryl methyl sites for hydroxylation is 2. The quantitative estimate of drug-likeness (QED) is 0.643. The minimum Gasteiger partial charge on any atom is -0.353 e. The maximum Gasteiger partial charge on any atom is 0.240 e. The van der Waals surface area contributed by atoms with Crippen molar-refractivity contribution in [3.05, 3.63) is 63.6 Å². The summed E-state index contributed by atoms with van der Waals surface area (Å²) < 4.78 is 28.3. The molecule has 0 spiro atoms. The largest absolute Gasteiger partial charge is 0.353 e. The number of halogens is 1. The Kier molecular flexibility index (Phi) is 7.59. The molecule has 0 fully saturated rings. The number of nitrogens with one attached hydrogen (secondary N) is 2. The molecule has 7 heteroatoms. The fourth-order valence-electron chi connectivity index (χ4n) is 2.85. The third-order valence-electron chi connectivity index (χ3n) is 4.13. The zero-order valence-corrected chi connectivity index (χ0v) is 18.2. The highest BCUT2D eigenvalue weighted by Crippen LogP contribution is 2.16. The Morgan fingerprint density at radius 2 is 1.78 bits per heavy atom. The van der Waals surface area contributed by atoms with E-state index in [4.69, 9.17) is 0 Å². The van der Waals surface area contributed by atoms with Crippen LogP contribution in [0.2, 0.25) is 0 Å². The third-order valence-corrected chi connectivity index (χ3v) is 6.28. The van der Waals surface area contributed by atoms with Crippen LogP contribution in [0.1, 0.15) is 30.0 Å². The van der Waals surface area contributed by atoms with Gasteiger partial charge in [-0.05, 0) is 56.5 Å². The smallest absolute Gasteiger partial charge is 0.240 e. The van der Waals surface area contributed by atoms with Gasteiger partial charge in [0.1, 0.15) is 0 Å². The van der Waals surface area contributed by atoms with E-state index in [1.165, 1.54) is 0 Å². The van der Waals surface area contributed by atoms with Gasteiger partial charge in [-0.25, -0.2) is 13.1 Å². The molecule has 2 aromatic rings. The molecule has 0 bridgehead atoms. The first-order chi connectivity index (χ1) is 12.7. The van der Waals surface area contributed by atoms with Crippen molar-refractivity contribution >= 4 is 31.9 Å². The highest BCUT2D eigenvalue weighted by molar-refractivity contribution is 9.10. The van der Waals surface area contributed by atoms with Crippen LogP contribution in [-0.4, -0.2) is 26.9 Å². The Bertz CT molecular complexity index is 896. The lowest BCUT2D eigenvalue weighted by Gasteiger charge is -2.14. The van der Waals surface area contributed by atoms with Crippen LogP contribution in [0, 0.1) is 13.8 Å². The Morgan fingerprint density at radius 1 is 1.11 bits per heavy atom. The minimum absolute atomic E-state index is 0.0328. The molecule has 5 nitrogen and oxygen atoms in total. The zero-order chi connectivity index (χ0) is 20.0. The van der Waals surface area contributed by atoms with Crippen LogP contribution < -0.4 is 10.0 Å². The standard InChI is InChI=1S/C20H25BrN2O3S/c1-14-4-9-19(15(2)12-14)27(25,26)22-11-10-20(24)23-16(3)13-17-5-7-18(21)8-6-17/h4-9,12,16,22H,10-11,13H2,1-3H3,(H,23,24). The van der Waals surface area contributed by atoms with Crippen LogP contribution >= 0.6 is 15.9 Å². The van der Waals surface area contributed by atoms with E-state index in [0.29, 0.717) is 12.0 Å². The summed E-state index contributed by atoms with van der Waals surface area (Å²) in [5.74, 6) is -0.178. The molecule has 1 atom stereocenters. The van der Waals surface area contributed by atoms with Crippen molar-refractivity contribution in [1.29, 1.82) is 0 Å². The van der Waals surface area contributed by atoms with Gasteiger partial charge < -0.3 is 5.32 Å². The molecule has 0 radical (unpaired) electrons. The Labute approximate surface area is 169 Å². The number of hydrogen-bond acceptors (Lipinski definition) is 3. The maximum absolute atomic E-state index is 12.4. The molecule has 1 amide bonds. The lowest BCUT2D eigenvalue weighted by molar-refractivity contribution is -0.121. The van der Waals surface area contributed by atoms with Gasteiger partial charge in [0.15, 0.2) is 0 Å². The number of sulfonamides is 1. The molecule has 1 unspecified atom stereocenters. The van der Waals surface area contributed by atoms with E-state index in [0.717, 1.165) is 15.6 Å². The molecule has 2 aromatic carbocycles. The summed E-state index contributed by atoms with van der Waals surface area (Å²) in [4.78, 5) is 12.3. The fourth-order valence-corrected chi connectivity index (χ4v) is 4.37. The second-order valence-corrected chi connectivity index (χ2v) is 9.37. The average Bonchev–Trinajstić information content (AvgIpc) is 2.56. The van der Waals surface area contributed by atoms with Gasteiger partial charge >= 0.3 is 0 Å². The van der Waals surface area contributed by atoms with E-state index in [1.54, 1.807) is 19.1 Å². The third kappa shape index (κ3) is 6.75. The molecule has 2 N–H and O–H groups in total. The first-order valence-corrected chi connectivity index (χ1v) is 11.1. The van der Waals surface area contributed by atoms with E-state index in [-0.39, 0.29) is 29.8 Å². The van der Waals surface area contributed by atoms with Crippen molar-refractivity contribution in [2.75, 3.05) is 6.54 Å². The van der Waals surface area contributed by atoms with Gasteiger partial charge in [-0.15, -0.1) is 0 Å².